The largest absolute Gasteiger partial charge is 0.213 e. The zero-order valence-corrected chi connectivity index (χ0v) is 9.12. The highest BCUT2D eigenvalue weighted by atomic mass is 15.0. The number of hydrogen-bond acceptors (Lipinski definition) is 0. The van der Waals surface area contributed by atoms with Gasteiger partial charge in [-0.15, -0.1) is 6.42 Å². The molecule has 0 aliphatic heterocycles. The molecular weight excluding hydrogens is 182 g/mol. The van der Waals surface area contributed by atoms with Crippen molar-refractivity contribution in [1.82, 2.24) is 0 Å². The SMILES string of the molecule is C#CC[n+]1c(C)cc(C)c2ccccc21. The van der Waals surface area contributed by atoms with Gasteiger partial charge in [-0.25, -0.2) is 0 Å². The Hall–Kier alpha value is -1.81. The van der Waals surface area contributed by atoms with Crippen LogP contribution in [-0.4, -0.2) is 0 Å². The maximum Gasteiger partial charge on any atom is 0.213 e. The van der Waals surface area contributed by atoms with E-state index in [0.29, 0.717) is 6.54 Å². The van der Waals surface area contributed by atoms with E-state index in [1.165, 1.54) is 22.2 Å². The minimum atomic E-state index is 0.632. The molecule has 1 heteroatoms. The van der Waals surface area contributed by atoms with Gasteiger partial charge in [-0.05, 0) is 24.5 Å². The van der Waals surface area contributed by atoms with Gasteiger partial charge in [0.1, 0.15) is 0 Å². The van der Waals surface area contributed by atoms with Crippen molar-refractivity contribution >= 4 is 10.9 Å². The zero-order chi connectivity index (χ0) is 10.8. The molecule has 1 heterocycles. The van der Waals surface area contributed by atoms with E-state index >= 15 is 0 Å². The summed E-state index contributed by atoms with van der Waals surface area (Å²) >= 11 is 0. The van der Waals surface area contributed by atoms with E-state index in [1.807, 2.05) is 6.07 Å². The fourth-order valence-corrected chi connectivity index (χ4v) is 2.00. The first-order chi connectivity index (χ1) is 7.24. The van der Waals surface area contributed by atoms with Gasteiger partial charge in [-0.3, -0.25) is 0 Å². The lowest BCUT2D eigenvalue weighted by Crippen LogP contribution is -2.37. The Morgan fingerprint density at radius 1 is 1.27 bits per heavy atom. The highest BCUT2D eigenvalue weighted by molar-refractivity contribution is 5.79. The van der Waals surface area contributed by atoms with Crippen molar-refractivity contribution < 1.29 is 4.57 Å². The third kappa shape index (κ3) is 1.59. The van der Waals surface area contributed by atoms with E-state index in [4.69, 9.17) is 6.42 Å². The van der Waals surface area contributed by atoms with Crippen molar-refractivity contribution in [3.05, 3.63) is 41.6 Å². The van der Waals surface area contributed by atoms with Crippen LogP contribution in [0.15, 0.2) is 30.3 Å². The van der Waals surface area contributed by atoms with Crippen LogP contribution in [0.1, 0.15) is 11.3 Å². The summed E-state index contributed by atoms with van der Waals surface area (Å²) in [5, 5.41) is 1.28. The van der Waals surface area contributed by atoms with E-state index in [0.717, 1.165) is 0 Å². The molecule has 0 unspecified atom stereocenters. The Kier molecular flexibility index (Phi) is 2.43. The second kappa shape index (κ2) is 3.74. The molecule has 0 fully saturated rings. The lowest BCUT2D eigenvalue weighted by Gasteiger charge is -2.04. The number of hydrogen-bond donors (Lipinski definition) is 0. The van der Waals surface area contributed by atoms with Gasteiger partial charge >= 0.3 is 0 Å². The smallest absolute Gasteiger partial charge is 0.184 e. The number of aryl methyl sites for hydroxylation is 2. The normalized spacial score (nSPS) is 10.2. The topological polar surface area (TPSA) is 3.88 Å². The van der Waals surface area contributed by atoms with Crippen LogP contribution in [0.5, 0.6) is 0 Å². The standard InChI is InChI=1S/C14H14N/c1-4-9-15-12(3)10-11(2)13-7-5-6-8-14(13)15/h1,5-8,10H,9H2,2-3H3/q+1. The molecule has 1 aromatic carbocycles. The lowest BCUT2D eigenvalue weighted by atomic mass is 10.1. The van der Waals surface area contributed by atoms with Crippen LogP contribution >= 0.6 is 0 Å². The molecule has 0 aliphatic carbocycles. The monoisotopic (exact) mass is 196 g/mol. The van der Waals surface area contributed by atoms with Gasteiger partial charge in [0, 0.05) is 24.4 Å². The average Bonchev–Trinajstić information content (AvgIpc) is 2.24. The number of benzene rings is 1. The first kappa shape index (κ1) is 9.73. The number of aromatic nitrogens is 1. The van der Waals surface area contributed by atoms with Crippen molar-refractivity contribution in [1.29, 1.82) is 0 Å². The van der Waals surface area contributed by atoms with E-state index in [1.54, 1.807) is 0 Å². The molecule has 0 spiro atoms. The number of rotatable bonds is 1. The molecule has 0 radical (unpaired) electrons. The first-order valence-corrected chi connectivity index (χ1v) is 5.06. The minimum absolute atomic E-state index is 0.632. The Labute approximate surface area is 90.4 Å². The molecule has 0 saturated heterocycles. The van der Waals surface area contributed by atoms with Crippen molar-refractivity contribution in [3.8, 4) is 12.3 Å². The van der Waals surface area contributed by atoms with E-state index < -0.39 is 0 Å². The molecule has 0 aliphatic rings. The van der Waals surface area contributed by atoms with E-state index in [9.17, 15) is 0 Å². The van der Waals surface area contributed by atoms with Crippen LogP contribution in [0.3, 0.4) is 0 Å². The molecule has 0 amide bonds. The maximum atomic E-state index is 5.39. The molecule has 2 aromatic rings. The number of nitrogens with zero attached hydrogens (tertiary/aromatic N) is 1. The van der Waals surface area contributed by atoms with Crippen molar-refractivity contribution in [3.63, 3.8) is 0 Å². The maximum absolute atomic E-state index is 5.39. The first-order valence-electron chi connectivity index (χ1n) is 5.06. The van der Waals surface area contributed by atoms with Crippen LogP contribution in [-0.2, 0) is 6.54 Å². The quantitative estimate of drug-likeness (QED) is 0.487. The summed E-state index contributed by atoms with van der Waals surface area (Å²) < 4.78 is 2.17. The second-order valence-electron chi connectivity index (χ2n) is 3.78. The molecule has 1 aromatic heterocycles. The molecule has 0 bridgehead atoms. The highest BCUT2D eigenvalue weighted by Gasteiger charge is 2.12. The number of fused-ring (bicyclic) bond motifs is 1. The van der Waals surface area contributed by atoms with Gasteiger partial charge in [0.2, 0.25) is 12.1 Å². The zero-order valence-electron chi connectivity index (χ0n) is 9.12. The summed E-state index contributed by atoms with van der Waals surface area (Å²) in [6.45, 7) is 4.86. The summed E-state index contributed by atoms with van der Waals surface area (Å²) in [6.07, 6.45) is 5.39. The van der Waals surface area contributed by atoms with Gasteiger partial charge in [0.25, 0.3) is 0 Å². The molecular formula is C14H14N+. The van der Waals surface area contributed by atoms with Crippen LogP contribution < -0.4 is 4.57 Å². The number of terminal acetylenes is 1. The molecule has 15 heavy (non-hydrogen) atoms. The Bertz CT molecular complexity index is 547. The Morgan fingerprint density at radius 2 is 2.00 bits per heavy atom. The van der Waals surface area contributed by atoms with Crippen LogP contribution in [0, 0.1) is 26.2 Å². The van der Waals surface area contributed by atoms with E-state index in [2.05, 4.69) is 48.6 Å². The summed E-state index contributed by atoms with van der Waals surface area (Å²) in [5.74, 6) is 2.70. The summed E-state index contributed by atoms with van der Waals surface area (Å²) in [7, 11) is 0. The predicted molar refractivity (Wildman–Crippen MR) is 62.5 cm³/mol. The number of para-hydroxylation sites is 1. The molecule has 2 rings (SSSR count). The fraction of sp³-hybridized carbons (Fsp3) is 0.214. The highest BCUT2D eigenvalue weighted by Crippen LogP contribution is 2.15. The molecule has 0 atom stereocenters. The van der Waals surface area contributed by atoms with E-state index in [-0.39, 0.29) is 0 Å². The van der Waals surface area contributed by atoms with Gasteiger partial charge < -0.3 is 0 Å². The third-order valence-corrected chi connectivity index (χ3v) is 2.72. The molecule has 0 saturated carbocycles. The summed E-state index contributed by atoms with van der Waals surface area (Å²) in [4.78, 5) is 0. The van der Waals surface area contributed by atoms with Crippen LogP contribution in [0.2, 0.25) is 0 Å². The minimum Gasteiger partial charge on any atom is -0.184 e. The third-order valence-electron chi connectivity index (χ3n) is 2.72. The van der Waals surface area contributed by atoms with Gasteiger partial charge in [0.05, 0.1) is 0 Å². The van der Waals surface area contributed by atoms with Gasteiger partial charge in [-0.1, -0.05) is 12.1 Å². The predicted octanol–water partition coefficient (Wildman–Crippen LogP) is 2.38. The van der Waals surface area contributed by atoms with Crippen molar-refractivity contribution in [2.75, 3.05) is 0 Å². The summed E-state index contributed by atoms with van der Waals surface area (Å²) in [6, 6.07) is 10.5. The Balaban J connectivity index is 2.84. The van der Waals surface area contributed by atoms with Gasteiger partial charge in [0.15, 0.2) is 5.69 Å². The van der Waals surface area contributed by atoms with Crippen molar-refractivity contribution in [2.24, 2.45) is 0 Å². The lowest BCUT2D eigenvalue weighted by molar-refractivity contribution is -0.664. The summed E-state index contributed by atoms with van der Waals surface area (Å²) in [5.41, 5.74) is 3.73. The average molecular weight is 196 g/mol. The Morgan fingerprint density at radius 3 is 2.73 bits per heavy atom. The molecule has 74 valence electrons. The molecule has 1 nitrogen and oxygen atoms in total. The second-order valence-corrected chi connectivity index (χ2v) is 3.78. The van der Waals surface area contributed by atoms with Crippen LogP contribution in [0.25, 0.3) is 10.9 Å². The van der Waals surface area contributed by atoms with Crippen molar-refractivity contribution in [2.45, 2.75) is 20.4 Å². The fourth-order valence-electron chi connectivity index (χ4n) is 2.00. The van der Waals surface area contributed by atoms with Gasteiger partial charge in [-0.2, -0.15) is 4.57 Å². The van der Waals surface area contributed by atoms with Crippen LogP contribution in [0.4, 0.5) is 0 Å². The number of pyridine rings is 1. The molecule has 0 N–H and O–H groups in total.